The van der Waals surface area contributed by atoms with Crippen molar-refractivity contribution in [2.45, 2.75) is 19.4 Å². The fourth-order valence-electron chi connectivity index (χ4n) is 1.80. The number of aromatic nitrogens is 2. The third-order valence-electron chi connectivity index (χ3n) is 2.48. The molecule has 0 bridgehead atoms. The predicted octanol–water partition coefficient (Wildman–Crippen LogP) is 0.805. The largest absolute Gasteiger partial charge is 0.384 e. The molecule has 1 aliphatic heterocycles. The molecule has 0 atom stereocenters. The van der Waals surface area contributed by atoms with Gasteiger partial charge >= 0.3 is 0 Å². The highest BCUT2D eigenvalue weighted by molar-refractivity contribution is 5.47. The molecule has 1 aliphatic rings. The van der Waals surface area contributed by atoms with E-state index >= 15 is 0 Å². The number of rotatable bonds is 3. The second kappa shape index (κ2) is 4.44. The number of ether oxygens (including phenoxy) is 1. The molecule has 5 nitrogen and oxygen atoms in total. The smallest absolute Gasteiger partial charge is 0.158 e. The molecular formula is C10H16N4O. The number of hydrogen-bond acceptors (Lipinski definition) is 5. The molecule has 2 heterocycles. The Bertz CT molecular complexity index is 336. The van der Waals surface area contributed by atoms with Crippen LogP contribution in [-0.4, -0.2) is 30.2 Å². The average molecular weight is 208 g/mol. The SMILES string of the molecule is COCc1nc(N)cc(N2CCCC2)n1. The summed E-state index contributed by atoms with van der Waals surface area (Å²) in [4.78, 5) is 10.8. The second-order valence-corrected chi connectivity index (χ2v) is 3.69. The summed E-state index contributed by atoms with van der Waals surface area (Å²) in [5.74, 6) is 2.09. The van der Waals surface area contributed by atoms with E-state index in [0.29, 0.717) is 18.2 Å². The van der Waals surface area contributed by atoms with Gasteiger partial charge in [0.15, 0.2) is 5.82 Å². The van der Waals surface area contributed by atoms with Gasteiger partial charge < -0.3 is 15.4 Å². The third kappa shape index (κ3) is 2.36. The van der Waals surface area contributed by atoms with Gasteiger partial charge in [-0.05, 0) is 12.8 Å². The van der Waals surface area contributed by atoms with Crippen LogP contribution in [0.4, 0.5) is 11.6 Å². The first-order valence-electron chi connectivity index (χ1n) is 5.17. The minimum absolute atomic E-state index is 0.409. The zero-order chi connectivity index (χ0) is 10.7. The van der Waals surface area contributed by atoms with Crippen LogP contribution in [0.2, 0.25) is 0 Å². The summed E-state index contributed by atoms with van der Waals surface area (Å²) in [7, 11) is 1.63. The van der Waals surface area contributed by atoms with E-state index in [2.05, 4.69) is 14.9 Å². The summed E-state index contributed by atoms with van der Waals surface area (Å²) in [5.41, 5.74) is 5.72. The maximum atomic E-state index is 5.72. The first-order valence-corrected chi connectivity index (χ1v) is 5.17. The number of nitrogen functional groups attached to an aromatic ring is 1. The zero-order valence-electron chi connectivity index (χ0n) is 8.94. The van der Waals surface area contributed by atoms with Crippen molar-refractivity contribution in [2.24, 2.45) is 0 Å². The Labute approximate surface area is 89.3 Å². The van der Waals surface area contributed by atoms with E-state index in [-0.39, 0.29) is 0 Å². The van der Waals surface area contributed by atoms with E-state index in [0.717, 1.165) is 18.9 Å². The number of nitrogens with zero attached hydrogens (tertiary/aromatic N) is 3. The highest BCUT2D eigenvalue weighted by atomic mass is 16.5. The highest BCUT2D eigenvalue weighted by Crippen LogP contribution is 2.19. The van der Waals surface area contributed by atoms with E-state index in [1.807, 2.05) is 6.07 Å². The van der Waals surface area contributed by atoms with E-state index < -0.39 is 0 Å². The summed E-state index contributed by atoms with van der Waals surface area (Å²) in [5, 5.41) is 0. The van der Waals surface area contributed by atoms with E-state index in [4.69, 9.17) is 10.5 Å². The molecule has 0 saturated carbocycles. The Morgan fingerprint density at radius 3 is 2.80 bits per heavy atom. The van der Waals surface area contributed by atoms with Crippen molar-refractivity contribution >= 4 is 11.6 Å². The van der Waals surface area contributed by atoms with Crippen LogP contribution in [0.1, 0.15) is 18.7 Å². The van der Waals surface area contributed by atoms with Gasteiger partial charge in [-0.15, -0.1) is 0 Å². The van der Waals surface area contributed by atoms with Crippen LogP contribution in [0.5, 0.6) is 0 Å². The Morgan fingerprint density at radius 1 is 1.40 bits per heavy atom. The van der Waals surface area contributed by atoms with Crippen molar-refractivity contribution in [3.8, 4) is 0 Å². The highest BCUT2D eigenvalue weighted by Gasteiger charge is 2.14. The summed E-state index contributed by atoms with van der Waals surface area (Å²) in [6, 6.07) is 1.82. The first-order chi connectivity index (χ1) is 7.29. The Morgan fingerprint density at radius 2 is 2.13 bits per heavy atom. The van der Waals surface area contributed by atoms with Gasteiger partial charge in [0, 0.05) is 26.3 Å². The molecule has 2 N–H and O–H groups in total. The molecule has 0 radical (unpaired) electrons. The lowest BCUT2D eigenvalue weighted by atomic mass is 10.4. The van der Waals surface area contributed by atoms with Gasteiger partial charge in [-0.25, -0.2) is 9.97 Å². The maximum absolute atomic E-state index is 5.72. The van der Waals surface area contributed by atoms with Gasteiger partial charge in [0.2, 0.25) is 0 Å². The number of hydrogen-bond donors (Lipinski definition) is 1. The van der Waals surface area contributed by atoms with Crippen LogP contribution < -0.4 is 10.6 Å². The van der Waals surface area contributed by atoms with Crippen LogP contribution in [-0.2, 0) is 11.3 Å². The molecule has 82 valence electrons. The van der Waals surface area contributed by atoms with Crippen molar-refractivity contribution in [3.05, 3.63) is 11.9 Å². The van der Waals surface area contributed by atoms with Crippen molar-refractivity contribution in [1.82, 2.24) is 9.97 Å². The first kappa shape index (κ1) is 10.2. The van der Waals surface area contributed by atoms with Gasteiger partial charge in [0.25, 0.3) is 0 Å². The van der Waals surface area contributed by atoms with Crippen molar-refractivity contribution in [2.75, 3.05) is 30.8 Å². The minimum atomic E-state index is 0.409. The lowest BCUT2D eigenvalue weighted by Gasteiger charge is -2.17. The van der Waals surface area contributed by atoms with Crippen molar-refractivity contribution in [3.63, 3.8) is 0 Å². The van der Waals surface area contributed by atoms with Gasteiger partial charge in [0.05, 0.1) is 0 Å². The number of methoxy groups -OCH3 is 1. The lowest BCUT2D eigenvalue weighted by molar-refractivity contribution is 0.178. The summed E-state index contributed by atoms with van der Waals surface area (Å²) < 4.78 is 5.00. The van der Waals surface area contributed by atoms with Crippen LogP contribution in [0.25, 0.3) is 0 Å². The fraction of sp³-hybridized carbons (Fsp3) is 0.600. The fourth-order valence-corrected chi connectivity index (χ4v) is 1.80. The van der Waals surface area contributed by atoms with E-state index in [9.17, 15) is 0 Å². The monoisotopic (exact) mass is 208 g/mol. The lowest BCUT2D eigenvalue weighted by Crippen LogP contribution is -2.20. The predicted molar refractivity (Wildman–Crippen MR) is 58.6 cm³/mol. The van der Waals surface area contributed by atoms with Gasteiger partial charge in [-0.1, -0.05) is 0 Å². The van der Waals surface area contributed by atoms with Crippen molar-refractivity contribution in [1.29, 1.82) is 0 Å². The topological polar surface area (TPSA) is 64.3 Å². The third-order valence-corrected chi connectivity index (χ3v) is 2.48. The molecule has 0 unspecified atom stereocenters. The Balaban J connectivity index is 2.22. The molecule has 1 aromatic rings. The van der Waals surface area contributed by atoms with E-state index in [1.165, 1.54) is 12.8 Å². The summed E-state index contributed by atoms with van der Waals surface area (Å²) in [6.07, 6.45) is 2.45. The van der Waals surface area contributed by atoms with Crippen LogP contribution in [0.3, 0.4) is 0 Å². The molecular weight excluding hydrogens is 192 g/mol. The van der Waals surface area contributed by atoms with Crippen LogP contribution in [0.15, 0.2) is 6.07 Å². The van der Waals surface area contributed by atoms with Gasteiger partial charge in [-0.2, -0.15) is 0 Å². The summed E-state index contributed by atoms with van der Waals surface area (Å²) >= 11 is 0. The molecule has 5 heteroatoms. The zero-order valence-corrected chi connectivity index (χ0v) is 8.94. The standard InChI is InChI=1S/C10H16N4O/c1-15-7-9-12-8(11)6-10(13-9)14-4-2-3-5-14/h6H,2-5,7H2,1H3,(H2,11,12,13). The van der Waals surface area contributed by atoms with Crippen LogP contribution >= 0.6 is 0 Å². The normalized spacial score (nSPS) is 15.9. The van der Waals surface area contributed by atoms with Crippen molar-refractivity contribution < 1.29 is 4.74 Å². The van der Waals surface area contributed by atoms with Gasteiger partial charge in [0.1, 0.15) is 18.2 Å². The molecule has 15 heavy (non-hydrogen) atoms. The summed E-state index contributed by atoms with van der Waals surface area (Å²) in [6.45, 7) is 2.53. The van der Waals surface area contributed by atoms with Gasteiger partial charge in [-0.3, -0.25) is 0 Å². The average Bonchev–Trinajstić information content (AvgIpc) is 2.70. The number of nitrogens with two attached hydrogens (primary N) is 1. The molecule has 1 fully saturated rings. The molecule has 1 saturated heterocycles. The Kier molecular flexibility index (Phi) is 3.01. The molecule has 2 rings (SSSR count). The Hall–Kier alpha value is -1.36. The quantitative estimate of drug-likeness (QED) is 0.796. The maximum Gasteiger partial charge on any atom is 0.158 e. The molecule has 1 aromatic heterocycles. The molecule has 0 aliphatic carbocycles. The molecule has 0 aromatic carbocycles. The molecule has 0 spiro atoms. The number of anilines is 2. The van der Waals surface area contributed by atoms with E-state index in [1.54, 1.807) is 7.11 Å². The van der Waals surface area contributed by atoms with Crippen LogP contribution in [0, 0.1) is 0 Å². The second-order valence-electron chi connectivity index (χ2n) is 3.69. The molecule has 0 amide bonds. The minimum Gasteiger partial charge on any atom is -0.384 e.